The number of hydrogen-bond acceptors (Lipinski definition) is 4. The lowest BCUT2D eigenvalue weighted by Crippen LogP contribution is -2.36. The van der Waals surface area contributed by atoms with Crippen LogP contribution in [0.25, 0.3) is 11.2 Å². The van der Waals surface area contributed by atoms with Crippen LogP contribution in [0.15, 0.2) is 9.59 Å². The molecule has 2 aromatic heterocycles. The van der Waals surface area contributed by atoms with Gasteiger partial charge in [0.1, 0.15) is 11.3 Å². The molecule has 0 bridgehead atoms. The monoisotopic (exact) mass is 251 g/mol. The maximum Gasteiger partial charge on any atom is 0.332 e. The molecule has 0 aliphatic rings. The molecule has 0 saturated carbocycles. The van der Waals surface area contributed by atoms with E-state index >= 15 is 0 Å². The summed E-state index contributed by atoms with van der Waals surface area (Å²) >= 11 is 0. The molecular weight excluding hydrogens is 234 g/mol. The van der Waals surface area contributed by atoms with Gasteiger partial charge in [0.15, 0.2) is 5.65 Å². The van der Waals surface area contributed by atoms with Crippen molar-refractivity contribution in [2.45, 2.75) is 19.3 Å². The predicted octanol–water partition coefficient (Wildman–Crippen LogP) is -0.758. The van der Waals surface area contributed by atoms with E-state index in [2.05, 4.69) is 9.97 Å². The Morgan fingerprint density at radius 1 is 1.22 bits per heavy atom. The van der Waals surface area contributed by atoms with Gasteiger partial charge in [-0.15, -0.1) is 0 Å². The minimum Gasteiger partial charge on any atom is -0.336 e. The Morgan fingerprint density at radius 3 is 2.61 bits per heavy atom. The highest BCUT2D eigenvalue weighted by Gasteiger charge is 2.12. The topological polar surface area (TPSA) is 98.7 Å². The molecule has 3 N–H and O–H groups in total. The van der Waals surface area contributed by atoms with E-state index < -0.39 is 0 Å². The van der Waals surface area contributed by atoms with Gasteiger partial charge in [-0.05, 0) is 19.4 Å². The van der Waals surface area contributed by atoms with Gasteiger partial charge in [-0.2, -0.15) is 0 Å². The van der Waals surface area contributed by atoms with E-state index in [-0.39, 0.29) is 11.2 Å². The molecule has 98 valence electrons. The third-order valence-electron chi connectivity index (χ3n) is 3.01. The van der Waals surface area contributed by atoms with Crippen molar-refractivity contribution in [1.82, 2.24) is 19.1 Å². The van der Waals surface area contributed by atoms with Gasteiger partial charge < -0.3 is 10.7 Å². The first kappa shape index (κ1) is 12.6. The van der Waals surface area contributed by atoms with Crippen molar-refractivity contribution in [2.75, 3.05) is 6.54 Å². The Morgan fingerprint density at radius 2 is 1.94 bits per heavy atom. The number of fused-ring (bicyclic) bond motifs is 1. The summed E-state index contributed by atoms with van der Waals surface area (Å²) in [7, 11) is 3.06. The molecule has 2 heterocycles. The van der Waals surface area contributed by atoms with Crippen molar-refractivity contribution in [3.05, 3.63) is 26.7 Å². The molecule has 7 heteroatoms. The zero-order chi connectivity index (χ0) is 13.3. The molecule has 0 saturated heterocycles. The van der Waals surface area contributed by atoms with E-state index in [0.29, 0.717) is 17.7 Å². The molecule has 7 nitrogen and oxygen atoms in total. The van der Waals surface area contributed by atoms with Crippen molar-refractivity contribution < 1.29 is 0 Å². The van der Waals surface area contributed by atoms with Gasteiger partial charge in [-0.1, -0.05) is 0 Å². The van der Waals surface area contributed by atoms with E-state index in [1.54, 1.807) is 7.05 Å². The maximum absolute atomic E-state index is 11.9. The van der Waals surface area contributed by atoms with Crippen LogP contribution in [-0.4, -0.2) is 25.6 Å². The van der Waals surface area contributed by atoms with Gasteiger partial charge in [0.05, 0.1) is 0 Å². The zero-order valence-corrected chi connectivity index (χ0v) is 10.6. The molecule has 0 unspecified atom stereocenters. The summed E-state index contributed by atoms with van der Waals surface area (Å²) in [5, 5.41) is 0. The van der Waals surface area contributed by atoms with Crippen molar-refractivity contribution in [3.63, 3.8) is 0 Å². The molecule has 2 rings (SSSR count). The first-order valence-electron chi connectivity index (χ1n) is 5.91. The van der Waals surface area contributed by atoms with Crippen molar-refractivity contribution in [1.29, 1.82) is 0 Å². The molecule has 0 atom stereocenters. The van der Waals surface area contributed by atoms with Gasteiger partial charge in [0.2, 0.25) is 0 Å². The third-order valence-corrected chi connectivity index (χ3v) is 3.01. The number of aromatic nitrogens is 4. The first-order chi connectivity index (χ1) is 8.56. The molecule has 0 aromatic carbocycles. The second-order valence-electron chi connectivity index (χ2n) is 4.33. The van der Waals surface area contributed by atoms with E-state index in [1.807, 2.05) is 0 Å². The SMILES string of the molecule is Cn1c(=O)c2[nH]c(CCCCN)nc2n(C)c1=O. The Labute approximate surface area is 103 Å². The highest BCUT2D eigenvalue weighted by molar-refractivity contribution is 5.69. The van der Waals surface area contributed by atoms with E-state index in [4.69, 9.17) is 5.73 Å². The number of unbranched alkanes of at least 4 members (excludes halogenated alkanes) is 1. The molecule has 0 radical (unpaired) electrons. The fraction of sp³-hybridized carbons (Fsp3) is 0.545. The Bertz CT molecular complexity index is 679. The fourth-order valence-electron chi connectivity index (χ4n) is 1.93. The lowest BCUT2D eigenvalue weighted by Gasteiger charge is -2.00. The van der Waals surface area contributed by atoms with Gasteiger partial charge in [-0.25, -0.2) is 9.78 Å². The number of aryl methyl sites for hydroxylation is 2. The van der Waals surface area contributed by atoms with Gasteiger partial charge in [0, 0.05) is 20.5 Å². The zero-order valence-electron chi connectivity index (χ0n) is 10.6. The number of rotatable bonds is 4. The van der Waals surface area contributed by atoms with E-state index in [1.165, 1.54) is 11.6 Å². The van der Waals surface area contributed by atoms with Crippen molar-refractivity contribution >= 4 is 11.2 Å². The van der Waals surface area contributed by atoms with Crippen LogP contribution in [0, 0.1) is 0 Å². The molecular formula is C11H17N5O2. The highest BCUT2D eigenvalue weighted by Crippen LogP contribution is 2.06. The smallest absolute Gasteiger partial charge is 0.332 e. The normalized spacial score (nSPS) is 11.3. The summed E-state index contributed by atoms with van der Waals surface area (Å²) in [4.78, 5) is 30.9. The van der Waals surface area contributed by atoms with Crippen LogP contribution >= 0.6 is 0 Å². The number of H-pyrrole nitrogens is 1. The van der Waals surface area contributed by atoms with Crippen LogP contribution in [0.5, 0.6) is 0 Å². The summed E-state index contributed by atoms with van der Waals surface area (Å²) < 4.78 is 2.45. The van der Waals surface area contributed by atoms with Crippen LogP contribution in [0.2, 0.25) is 0 Å². The van der Waals surface area contributed by atoms with E-state index in [9.17, 15) is 9.59 Å². The fourth-order valence-corrected chi connectivity index (χ4v) is 1.93. The number of hydrogen-bond donors (Lipinski definition) is 2. The lowest BCUT2D eigenvalue weighted by atomic mass is 10.2. The summed E-state index contributed by atoms with van der Waals surface area (Å²) in [5.41, 5.74) is 5.50. The molecule has 0 spiro atoms. The molecule has 18 heavy (non-hydrogen) atoms. The van der Waals surface area contributed by atoms with Crippen LogP contribution in [0.1, 0.15) is 18.7 Å². The van der Waals surface area contributed by atoms with Gasteiger partial charge in [-0.3, -0.25) is 13.9 Å². The number of imidazole rings is 1. The summed E-state index contributed by atoms with van der Waals surface area (Å²) in [6.45, 7) is 0.639. The average molecular weight is 251 g/mol. The Balaban J connectivity index is 2.51. The van der Waals surface area contributed by atoms with E-state index in [0.717, 1.165) is 29.7 Å². The van der Waals surface area contributed by atoms with Crippen LogP contribution in [-0.2, 0) is 20.5 Å². The predicted molar refractivity (Wildman–Crippen MR) is 68.6 cm³/mol. The van der Waals surface area contributed by atoms with Gasteiger partial charge in [0.25, 0.3) is 5.56 Å². The molecule has 0 fully saturated rings. The quantitative estimate of drug-likeness (QED) is 0.698. The summed E-state index contributed by atoms with van der Waals surface area (Å²) in [6.07, 6.45) is 2.54. The van der Waals surface area contributed by atoms with Crippen molar-refractivity contribution in [2.24, 2.45) is 19.8 Å². The largest absolute Gasteiger partial charge is 0.336 e. The van der Waals surface area contributed by atoms with Crippen LogP contribution < -0.4 is 17.0 Å². The first-order valence-corrected chi connectivity index (χ1v) is 5.91. The second kappa shape index (κ2) is 4.77. The molecule has 0 aliphatic heterocycles. The van der Waals surface area contributed by atoms with Crippen molar-refractivity contribution in [3.8, 4) is 0 Å². The Hall–Kier alpha value is -1.89. The Kier molecular flexibility index (Phi) is 3.33. The van der Waals surface area contributed by atoms with Crippen LogP contribution in [0.3, 0.4) is 0 Å². The second-order valence-corrected chi connectivity index (χ2v) is 4.33. The average Bonchev–Trinajstić information content (AvgIpc) is 2.78. The standard InChI is InChI=1S/C11H17N5O2/c1-15-9-8(10(17)16(2)11(15)18)13-7(14-9)5-3-4-6-12/h3-6,12H2,1-2H3,(H,13,14). The number of nitrogens with one attached hydrogen (secondary N) is 1. The van der Waals surface area contributed by atoms with Gasteiger partial charge >= 0.3 is 5.69 Å². The van der Waals surface area contributed by atoms with Crippen LogP contribution in [0.4, 0.5) is 0 Å². The third kappa shape index (κ3) is 1.97. The minimum absolute atomic E-state index is 0.342. The number of nitrogens with zero attached hydrogens (tertiary/aromatic N) is 3. The molecule has 2 aromatic rings. The summed E-state index contributed by atoms with van der Waals surface area (Å²) in [6, 6.07) is 0. The lowest BCUT2D eigenvalue weighted by molar-refractivity contribution is 0.707. The highest BCUT2D eigenvalue weighted by atomic mass is 16.2. The summed E-state index contributed by atoms with van der Waals surface area (Å²) in [5.74, 6) is 0.719. The minimum atomic E-state index is -0.368. The number of nitrogens with two attached hydrogens (primary N) is 1. The molecule has 0 aliphatic carbocycles. The molecule has 0 amide bonds. The maximum atomic E-state index is 11.9. The number of aromatic amines is 1.